The Morgan fingerprint density at radius 2 is 1.86 bits per heavy atom. The Kier molecular flexibility index (Phi) is 6.05. The summed E-state index contributed by atoms with van der Waals surface area (Å²) in [6.45, 7) is 6.71. The molecule has 0 aliphatic rings. The lowest BCUT2D eigenvalue weighted by atomic mass is 9.92. The number of fused-ring (bicyclic) bond motifs is 2. The number of aryl methyl sites for hydroxylation is 1. The summed E-state index contributed by atoms with van der Waals surface area (Å²) in [6.07, 6.45) is 2.35. The minimum atomic E-state index is -0.337. The van der Waals surface area contributed by atoms with Gasteiger partial charge in [-0.05, 0) is 24.3 Å². The van der Waals surface area contributed by atoms with E-state index in [-0.39, 0.29) is 11.4 Å². The van der Waals surface area contributed by atoms with Crippen molar-refractivity contribution in [1.29, 1.82) is 0 Å². The van der Waals surface area contributed by atoms with Crippen molar-refractivity contribution in [2.24, 2.45) is 7.05 Å². The van der Waals surface area contributed by atoms with Crippen molar-refractivity contribution >= 4 is 39.5 Å². The van der Waals surface area contributed by atoms with Gasteiger partial charge in [-0.2, -0.15) is 5.10 Å². The third-order valence-electron chi connectivity index (χ3n) is 5.93. The number of pyridine rings is 1. The van der Waals surface area contributed by atoms with E-state index in [2.05, 4.69) is 51.5 Å². The molecule has 0 unspecified atom stereocenters. The first-order chi connectivity index (χ1) is 17.3. The van der Waals surface area contributed by atoms with E-state index >= 15 is 0 Å². The summed E-state index contributed by atoms with van der Waals surface area (Å²) in [5.74, 6) is 2.20. The number of urea groups is 1. The fraction of sp³-hybridized carbons (Fsp3) is 0.259. The summed E-state index contributed by atoms with van der Waals surface area (Å²) in [4.78, 5) is 24.8. The van der Waals surface area contributed by atoms with Gasteiger partial charge in [0.15, 0.2) is 5.65 Å². The van der Waals surface area contributed by atoms with Crippen molar-refractivity contribution in [3.05, 3.63) is 72.3 Å². The van der Waals surface area contributed by atoms with Crippen molar-refractivity contribution in [2.45, 2.75) is 32.6 Å². The first kappa shape index (κ1) is 23.3. The summed E-state index contributed by atoms with van der Waals surface area (Å²) in [7, 11) is 1.81. The second-order valence-corrected chi connectivity index (χ2v) is 9.68. The summed E-state index contributed by atoms with van der Waals surface area (Å²) in [5, 5.41) is 12.2. The Bertz CT molecular complexity index is 1510. The third kappa shape index (κ3) is 4.86. The van der Waals surface area contributed by atoms with Crippen LogP contribution in [-0.4, -0.2) is 37.4 Å². The molecule has 5 rings (SSSR count). The fourth-order valence-corrected chi connectivity index (χ4v) is 4.00. The number of hydrogen-bond donors (Lipinski definition) is 3. The van der Waals surface area contributed by atoms with Crippen molar-refractivity contribution in [3.8, 4) is 5.75 Å². The highest BCUT2D eigenvalue weighted by Crippen LogP contribution is 2.32. The standard InChI is InChI=1S/C27H29N7O2/c1-27(2,3)22-16-24(34(4)33-22)32-26(35)30-19-11-12-21(18-9-6-5-8-17(18)19)36-15-13-23-29-20-10-7-14-28-25(20)31-23/h5-12,14,16H,13,15H2,1-4H3,(H,28,29,31)(H2,30,32,35). The highest BCUT2D eigenvalue weighted by Gasteiger charge is 2.20. The molecule has 0 aliphatic carbocycles. The summed E-state index contributed by atoms with van der Waals surface area (Å²) in [6, 6.07) is 16.9. The van der Waals surface area contributed by atoms with Crippen LogP contribution >= 0.6 is 0 Å². The van der Waals surface area contributed by atoms with E-state index in [1.807, 2.05) is 61.6 Å². The monoisotopic (exact) mass is 483 g/mol. The lowest BCUT2D eigenvalue weighted by molar-refractivity contribution is 0.262. The predicted molar refractivity (Wildman–Crippen MR) is 142 cm³/mol. The van der Waals surface area contributed by atoms with Crippen LogP contribution in [0.15, 0.2) is 60.8 Å². The Balaban J connectivity index is 1.28. The van der Waals surface area contributed by atoms with Crippen LogP contribution in [0.25, 0.3) is 21.9 Å². The van der Waals surface area contributed by atoms with Gasteiger partial charge in [0.05, 0.1) is 23.5 Å². The Morgan fingerprint density at radius 1 is 1.06 bits per heavy atom. The molecule has 0 saturated carbocycles. The normalized spacial score (nSPS) is 11.7. The number of hydrogen-bond acceptors (Lipinski definition) is 5. The van der Waals surface area contributed by atoms with Gasteiger partial charge in [0.1, 0.15) is 17.4 Å². The van der Waals surface area contributed by atoms with Gasteiger partial charge < -0.3 is 15.0 Å². The van der Waals surface area contributed by atoms with Crippen molar-refractivity contribution in [3.63, 3.8) is 0 Å². The molecule has 2 amide bonds. The number of H-pyrrole nitrogens is 1. The maximum absolute atomic E-state index is 12.8. The quantitative estimate of drug-likeness (QED) is 0.299. The Morgan fingerprint density at radius 3 is 2.61 bits per heavy atom. The zero-order valence-electron chi connectivity index (χ0n) is 20.8. The molecule has 3 heterocycles. The van der Waals surface area contributed by atoms with Crippen LogP contribution in [0.3, 0.4) is 0 Å². The average molecular weight is 484 g/mol. The van der Waals surface area contributed by atoms with E-state index in [0.717, 1.165) is 33.6 Å². The van der Waals surface area contributed by atoms with Gasteiger partial charge >= 0.3 is 6.03 Å². The Hall–Kier alpha value is -4.40. The summed E-state index contributed by atoms with van der Waals surface area (Å²) >= 11 is 0. The predicted octanol–water partition coefficient (Wildman–Crippen LogP) is 5.41. The van der Waals surface area contributed by atoms with E-state index in [4.69, 9.17) is 4.74 Å². The molecular weight excluding hydrogens is 454 g/mol. The van der Waals surface area contributed by atoms with Crippen LogP contribution in [0.1, 0.15) is 32.3 Å². The lowest BCUT2D eigenvalue weighted by Crippen LogP contribution is -2.21. The molecule has 9 heteroatoms. The molecule has 36 heavy (non-hydrogen) atoms. The van der Waals surface area contributed by atoms with E-state index in [0.29, 0.717) is 30.2 Å². The third-order valence-corrected chi connectivity index (χ3v) is 5.93. The van der Waals surface area contributed by atoms with Crippen LogP contribution in [0.5, 0.6) is 5.75 Å². The number of nitrogens with one attached hydrogen (secondary N) is 3. The minimum absolute atomic E-state index is 0.110. The molecule has 0 bridgehead atoms. The number of carbonyl (C=O) groups is 1. The molecule has 3 aromatic heterocycles. The highest BCUT2D eigenvalue weighted by molar-refractivity contribution is 6.07. The van der Waals surface area contributed by atoms with Gasteiger partial charge in [0.25, 0.3) is 0 Å². The van der Waals surface area contributed by atoms with Crippen LogP contribution in [0.2, 0.25) is 0 Å². The van der Waals surface area contributed by atoms with Gasteiger partial charge in [0, 0.05) is 41.9 Å². The average Bonchev–Trinajstić information content (AvgIpc) is 3.43. The molecule has 0 saturated heterocycles. The second-order valence-electron chi connectivity index (χ2n) is 9.68. The maximum Gasteiger partial charge on any atom is 0.324 e. The number of imidazole rings is 1. The molecule has 5 aromatic rings. The fourth-order valence-electron chi connectivity index (χ4n) is 4.00. The molecule has 3 N–H and O–H groups in total. The lowest BCUT2D eigenvalue weighted by Gasteiger charge is -2.14. The van der Waals surface area contributed by atoms with E-state index in [1.54, 1.807) is 10.9 Å². The number of aromatic nitrogens is 5. The number of carbonyl (C=O) groups excluding carboxylic acids is 1. The summed E-state index contributed by atoms with van der Waals surface area (Å²) < 4.78 is 7.78. The number of rotatable bonds is 6. The van der Waals surface area contributed by atoms with Crippen LogP contribution in [0.4, 0.5) is 16.3 Å². The molecule has 0 aliphatic heterocycles. The molecule has 2 aromatic carbocycles. The van der Waals surface area contributed by atoms with Gasteiger partial charge in [-0.15, -0.1) is 0 Å². The second kappa shape index (κ2) is 9.33. The van der Waals surface area contributed by atoms with E-state index < -0.39 is 0 Å². The number of amides is 2. The molecule has 9 nitrogen and oxygen atoms in total. The van der Waals surface area contributed by atoms with Crippen molar-refractivity contribution in [1.82, 2.24) is 24.7 Å². The van der Waals surface area contributed by atoms with Crippen LogP contribution in [0, 0.1) is 0 Å². The van der Waals surface area contributed by atoms with Crippen molar-refractivity contribution < 1.29 is 9.53 Å². The maximum atomic E-state index is 12.8. The van der Waals surface area contributed by atoms with Gasteiger partial charge in [-0.1, -0.05) is 45.0 Å². The highest BCUT2D eigenvalue weighted by atomic mass is 16.5. The molecule has 0 fully saturated rings. The van der Waals surface area contributed by atoms with Crippen LogP contribution in [-0.2, 0) is 18.9 Å². The van der Waals surface area contributed by atoms with Gasteiger partial charge in [0.2, 0.25) is 0 Å². The molecule has 0 radical (unpaired) electrons. The van der Waals surface area contributed by atoms with Crippen molar-refractivity contribution in [2.75, 3.05) is 17.2 Å². The number of ether oxygens (including phenoxy) is 1. The molecule has 0 atom stereocenters. The Labute approximate surface area is 208 Å². The summed E-state index contributed by atoms with van der Waals surface area (Å²) in [5.41, 5.74) is 3.10. The molecular formula is C27H29N7O2. The van der Waals surface area contributed by atoms with Gasteiger partial charge in [-0.25, -0.2) is 14.8 Å². The minimum Gasteiger partial charge on any atom is -0.492 e. The van der Waals surface area contributed by atoms with Crippen LogP contribution < -0.4 is 15.4 Å². The first-order valence-electron chi connectivity index (χ1n) is 11.8. The zero-order valence-corrected chi connectivity index (χ0v) is 20.8. The largest absolute Gasteiger partial charge is 0.492 e. The molecule has 184 valence electrons. The zero-order chi connectivity index (χ0) is 25.3. The first-order valence-corrected chi connectivity index (χ1v) is 11.8. The molecule has 0 spiro atoms. The van der Waals surface area contributed by atoms with E-state index in [9.17, 15) is 4.79 Å². The number of nitrogens with zero attached hydrogens (tertiary/aromatic N) is 4. The smallest absolute Gasteiger partial charge is 0.324 e. The SMILES string of the molecule is Cn1nc(C(C)(C)C)cc1NC(=O)Nc1ccc(OCCc2nc3ncccc3[nH]2)c2ccccc12. The topological polar surface area (TPSA) is 110 Å². The number of aromatic amines is 1. The number of benzene rings is 2. The number of anilines is 2. The van der Waals surface area contributed by atoms with E-state index in [1.165, 1.54) is 0 Å². The van der Waals surface area contributed by atoms with Gasteiger partial charge in [-0.3, -0.25) is 10.00 Å².